The normalized spacial score (nSPS) is 22.2. The molecule has 1 unspecified atom stereocenters. The van der Waals surface area contributed by atoms with Crippen LogP contribution in [-0.2, 0) is 0 Å². The monoisotopic (exact) mass is 171 g/mol. The molecule has 1 fully saturated rings. The third kappa shape index (κ3) is 3.11. The molecule has 1 aliphatic rings. The van der Waals surface area contributed by atoms with Crippen molar-refractivity contribution in [3.8, 4) is 0 Å². The molecule has 2 nitrogen and oxygen atoms in total. The van der Waals surface area contributed by atoms with Crippen molar-refractivity contribution in [1.29, 1.82) is 0 Å². The molecule has 1 aliphatic carbocycles. The summed E-state index contributed by atoms with van der Waals surface area (Å²) in [5.74, 6) is 0. The van der Waals surface area contributed by atoms with Gasteiger partial charge in [0.25, 0.3) is 0 Å². The Morgan fingerprint density at radius 3 is 2.50 bits per heavy atom. The van der Waals surface area contributed by atoms with E-state index >= 15 is 0 Å². The van der Waals surface area contributed by atoms with Crippen molar-refractivity contribution in [2.45, 2.75) is 57.6 Å². The van der Waals surface area contributed by atoms with Crippen molar-refractivity contribution in [2.75, 3.05) is 6.54 Å². The van der Waals surface area contributed by atoms with Gasteiger partial charge in [0.05, 0.1) is 5.60 Å². The summed E-state index contributed by atoms with van der Waals surface area (Å²) in [4.78, 5) is 0. The molecule has 12 heavy (non-hydrogen) atoms. The fourth-order valence-electron chi connectivity index (χ4n) is 1.48. The predicted octanol–water partition coefficient (Wildman–Crippen LogP) is 1.68. The third-order valence-corrected chi connectivity index (χ3v) is 2.67. The summed E-state index contributed by atoms with van der Waals surface area (Å²) in [6.07, 6.45) is 5.44. The van der Waals surface area contributed by atoms with Crippen LogP contribution in [0.3, 0.4) is 0 Å². The van der Waals surface area contributed by atoms with E-state index in [0.29, 0.717) is 6.04 Å². The Morgan fingerprint density at radius 2 is 2.08 bits per heavy atom. The van der Waals surface area contributed by atoms with Crippen LogP contribution in [0.25, 0.3) is 0 Å². The van der Waals surface area contributed by atoms with Crippen LogP contribution < -0.4 is 5.32 Å². The maximum absolute atomic E-state index is 10.0. The Hall–Kier alpha value is -0.0800. The first-order valence-electron chi connectivity index (χ1n) is 5.16. The summed E-state index contributed by atoms with van der Waals surface area (Å²) in [6.45, 7) is 4.96. The van der Waals surface area contributed by atoms with E-state index in [0.717, 1.165) is 25.8 Å². The van der Waals surface area contributed by atoms with E-state index in [4.69, 9.17) is 0 Å². The van der Waals surface area contributed by atoms with Crippen LogP contribution in [0.15, 0.2) is 0 Å². The van der Waals surface area contributed by atoms with Gasteiger partial charge in [-0.25, -0.2) is 0 Å². The molecule has 0 saturated heterocycles. The molecule has 0 aliphatic heterocycles. The largest absolute Gasteiger partial charge is 0.389 e. The molecule has 1 saturated carbocycles. The fourth-order valence-corrected chi connectivity index (χ4v) is 1.48. The first-order valence-corrected chi connectivity index (χ1v) is 5.16. The van der Waals surface area contributed by atoms with Gasteiger partial charge in [0, 0.05) is 12.6 Å². The van der Waals surface area contributed by atoms with Crippen LogP contribution in [0.1, 0.15) is 46.0 Å². The van der Waals surface area contributed by atoms with E-state index in [2.05, 4.69) is 19.2 Å². The third-order valence-electron chi connectivity index (χ3n) is 2.67. The standard InChI is InChI=1S/C10H21NO/c1-3-7-10(12,4-2)8-11-9-5-6-9/h9,11-12H,3-8H2,1-2H3. The topological polar surface area (TPSA) is 32.3 Å². The minimum atomic E-state index is -0.447. The molecule has 2 heteroatoms. The van der Waals surface area contributed by atoms with E-state index in [1.54, 1.807) is 0 Å². The zero-order chi connectivity index (χ0) is 9.03. The number of nitrogens with one attached hydrogen (secondary N) is 1. The van der Waals surface area contributed by atoms with Crippen molar-refractivity contribution in [3.63, 3.8) is 0 Å². The molecule has 0 spiro atoms. The minimum absolute atomic E-state index is 0.447. The Bertz CT molecular complexity index is 134. The molecule has 0 aromatic carbocycles. The highest BCUT2D eigenvalue weighted by atomic mass is 16.3. The van der Waals surface area contributed by atoms with Gasteiger partial charge in [0.15, 0.2) is 0 Å². The number of hydrogen-bond donors (Lipinski definition) is 2. The maximum atomic E-state index is 10.0. The SMILES string of the molecule is CCCC(O)(CC)CNC1CC1. The number of rotatable bonds is 6. The van der Waals surface area contributed by atoms with E-state index in [9.17, 15) is 5.11 Å². The van der Waals surface area contributed by atoms with Crippen LogP contribution >= 0.6 is 0 Å². The van der Waals surface area contributed by atoms with Crippen LogP contribution in [0.5, 0.6) is 0 Å². The van der Waals surface area contributed by atoms with Crippen molar-refractivity contribution in [1.82, 2.24) is 5.32 Å². The fraction of sp³-hybridized carbons (Fsp3) is 1.00. The van der Waals surface area contributed by atoms with Crippen molar-refractivity contribution >= 4 is 0 Å². The average molecular weight is 171 g/mol. The zero-order valence-corrected chi connectivity index (χ0v) is 8.27. The van der Waals surface area contributed by atoms with Crippen LogP contribution in [0.4, 0.5) is 0 Å². The molecule has 1 rings (SSSR count). The first kappa shape index (κ1) is 10.0. The van der Waals surface area contributed by atoms with Crippen molar-refractivity contribution in [2.24, 2.45) is 0 Å². The van der Waals surface area contributed by atoms with Crippen LogP contribution in [0, 0.1) is 0 Å². The second kappa shape index (κ2) is 4.24. The molecule has 0 amide bonds. The molecule has 0 heterocycles. The summed E-state index contributed by atoms with van der Waals surface area (Å²) in [5.41, 5.74) is -0.447. The molecule has 72 valence electrons. The molecular weight excluding hydrogens is 150 g/mol. The Kier molecular flexibility index (Phi) is 3.53. The highest BCUT2D eigenvalue weighted by Crippen LogP contribution is 2.22. The summed E-state index contributed by atoms with van der Waals surface area (Å²) in [6, 6.07) is 0.708. The highest BCUT2D eigenvalue weighted by molar-refractivity contribution is 4.86. The molecule has 0 aromatic heterocycles. The van der Waals surface area contributed by atoms with Gasteiger partial charge in [-0.1, -0.05) is 20.3 Å². The summed E-state index contributed by atoms with van der Waals surface area (Å²) >= 11 is 0. The summed E-state index contributed by atoms with van der Waals surface area (Å²) < 4.78 is 0. The predicted molar refractivity (Wildman–Crippen MR) is 51.2 cm³/mol. The zero-order valence-electron chi connectivity index (χ0n) is 8.27. The molecule has 1 atom stereocenters. The highest BCUT2D eigenvalue weighted by Gasteiger charge is 2.27. The molecule has 0 radical (unpaired) electrons. The van der Waals surface area contributed by atoms with Crippen LogP contribution in [0.2, 0.25) is 0 Å². The lowest BCUT2D eigenvalue weighted by molar-refractivity contribution is 0.0268. The van der Waals surface area contributed by atoms with Gasteiger partial charge < -0.3 is 10.4 Å². The van der Waals surface area contributed by atoms with E-state index < -0.39 is 5.60 Å². The lowest BCUT2D eigenvalue weighted by Gasteiger charge is -2.26. The second-order valence-electron chi connectivity index (χ2n) is 3.98. The van der Waals surface area contributed by atoms with Gasteiger partial charge in [-0.15, -0.1) is 0 Å². The maximum Gasteiger partial charge on any atom is 0.0768 e. The summed E-state index contributed by atoms with van der Waals surface area (Å²) in [5, 5.41) is 13.4. The molecule has 2 N–H and O–H groups in total. The van der Waals surface area contributed by atoms with Crippen molar-refractivity contribution < 1.29 is 5.11 Å². The Labute approximate surface area is 75.4 Å². The van der Waals surface area contributed by atoms with E-state index in [1.807, 2.05) is 0 Å². The van der Waals surface area contributed by atoms with E-state index in [1.165, 1.54) is 12.8 Å². The quantitative estimate of drug-likeness (QED) is 0.637. The molecular formula is C10H21NO. The van der Waals surface area contributed by atoms with Gasteiger partial charge in [0.1, 0.15) is 0 Å². The van der Waals surface area contributed by atoms with E-state index in [-0.39, 0.29) is 0 Å². The lowest BCUT2D eigenvalue weighted by atomic mass is 9.95. The number of hydrogen-bond acceptors (Lipinski definition) is 2. The van der Waals surface area contributed by atoms with Crippen molar-refractivity contribution in [3.05, 3.63) is 0 Å². The lowest BCUT2D eigenvalue weighted by Crippen LogP contribution is -2.40. The smallest absolute Gasteiger partial charge is 0.0768 e. The van der Waals surface area contributed by atoms with Gasteiger partial charge in [-0.05, 0) is 25.7 Å². The summed E-state index contributed by atoms with van der Waals surface area (Å²) in [7, 11) is 0. The van der Waals surface area contributed by atoms with Crippen LogP contribution in [-0.4, -0.2) is 23.3 Å². The Balaban J connectivity index is 2.20. The molecule has 0 bridgehead atoms. The van der Waals surface area contributed by atoms with Gasteiger partial charge in [0.2, 0.25) is 0 Å². The Morgan fingerprint density at radius 1 is 1.42 bits per heavy atom. The number of aliphatic hydroxyl groups is 1. The van der Waals surface area contributed by atoms with Gasteiger partial charge >= 0.3 is 0 Å². The average Bonchev–Trinajstić information content (AvgIpc) is 2.85. The van der Waals surface area contributed by atoms with Gasteiger partial charge in [-0.2, -0.15) is 0 Å². The van der Waals surface area contributed by atoms with Gasteiger partial charge in [-0.3, -0.25) is 0 Å². The second-order valence-corrected chi connectivity index (χ2v) is 3.98. The minimum Gasteiger partial charge on any atom is -0.389 e. The molecule has 0 aromatic rings. The first-order chi connectivity index (χ1) is 5.70.